The first-order valence-electron chi connectivity index (χ1n) is 12.1. The zero-order valence-electron chi connectivity index (χ0n) is 18.6. The van der Waals surface area contributed by atoms with Gasteiger partial charge in [-0.05, 0) is 44.5 Å². The maximum absolute atomic E-state index is 2.54. The van der Waals surface area contributed by atoms with Gasteiger partial charge >= 0.3 is 0 Å². The number of unbranched alkanes of at least 4 members (excludes halogenated alkanes) is 13. The van der Waals surface area contributed by atoms with Gasteiger partial charge in [-0.25, -0.2) is 0 Å². The van der Waals surface area contributed by atoms with Gasteiger partial charge in [-0.2, -0.15) is 0 Å². The molecule has 0 fully saturated rings. The molecule has 1 nitrogen and oxygen atoms in total. The lowest BCUT2D eigenvalue weighted by atomic mass is 10.0. The molecule has 0 amide bonds. The number of rotatable bonds is 19. The van der Waals surface area contributed by atoms with E-state index in [0.29, 0.717) is 0 Å². The van der Waals surface area contributed by atoms with Gasteiger partial charge in [0.25, 0.3) is 0 Å². The van der Waals surface area contributed by atoms with Gasteiger partial charge < -0.3 is 4.90 Å². The lowest BCUT2D eigenvalue weighted by molar-refractivity contribution is 0.295. The average Bonchev–Trinajstić information content (AvgIpc) is 2.71. The second-order valence-corrected chi connectivity index (χ2v) is 8.21. The van der Waals surface area contributed by atoms with Crippen molar-refractivity contribution in [1.29, 1.82) is 0 Å². The molecule has 1 heteroatoms. The number of hydrogen-bond acceptors (Lipinski definition) is 1. The van der Waals surface area contributed by atoms with E-state index < -0.39 is 0 Å². The highest BCUT2D eigenvalue weighted by Gasteiger charge is 1.98. The van der Waals surface area contributed by atoms with E-state index in [9.17, 15) is 0 Å². The molecule has 1 aromatic carbocycles. The van der Waals surface area contributed by atoms with Crippen molar-refractivity contribution in [2.75, 3.05) is 19.6 Å². The van der Waals surface area contributed by atoms with Gasteiger partial charge in [0.2, 0.25) is 0 Å². The van der Waals surface area contributed by atoms with Crippen LogP contribution in [0.5, 0.6) is 0 Å². The van der Waals surface area contributed by atoms with Crippen LogP contribution >= 0.6 is 0 Å². The molecule has 27 heavy (non-hydrogen) atoms. The first-order valence-corrected chi connectivity index (χ1v) is 12.1. The fourth-order valence-electron chi connectivity index (χ4n) is 3.97. The molecule has 1 rings (SSSR count). The summed E-state index contributed by atoms with van der Waals surface area (Å²) in [5, 5.41) is 0. The van der Waals surface area contributed by atoms with Crippen LogP contribution in [0.2, 0.25) is 0 Å². The monoisotopic (exact) mass is 373 g/mol. The fraction of sp³-hybridized carbons (Fsp3) is 0.769. The normalized spacial score (nSPS) is 11.4. The van der Waals surface area contributed by atoms with Crippen molar-refractivity contribution in [2.24, 2.45) is 0 Å². The van der Waals surface area contributed by atoms with Gasteiger partial charge in [0.1, 0.15) is 0 Å². The van der Waals surface area contributed by atoms with E-state index in [1.165, 1.54) is 122 Å². The Morgan fingerprint density at radius 3 is 1.37 bits per heavy atom. The van der Waals surface area contributed by atoms with Crippen LogP contribution in [0.25, 0.3) is 0 Å². The highest BCUT2D eigenvalue weighted by Crippen LogP contribution is 2.14. The van der Waals surface area contributed by atoms with E-state index in [2.05, 4.69) is 49.1 Å². The van der Waals surface area contributed by atoms with E-state index >= 15 is 0 Å². The smallest absolute Gasteiger partial charge is 0.00190 e. The Kier molecular flexibility index (Phi) is 16.6. The summed E-state index contributed by atoms with van der Waals surface area (Å²) in [6.45, 7) is 8.28. The molecule has 0 aliphatic rings. The third-order valence-corrected chi connectivity index (χ3v) is 5.93. The summed E-state index contributed by atoms with van der Waals surface area (Å²) in [6.07, 6.45) is 21.4. The van der Waals surface area contributed by atoms with Crippen LogP contribution in [-0.4, -0.2) is 24.5 Å². The lowest BCUT2D eigenvalue weighted by Crippen LogP contribution is -2.23. The van der Waals surface area contributed by atoms with E-state index in [1.807, 2.05) is 0 Å². The van der Waals surface area contributed by atoms with Crippen LogP contribution in [-0.2, 0) is 6.42 Å². The first kappa shape index (κ1) is 24.2. The maximum atomic E-state index is 2.54. The molecule has 0 atom stereocenters. The van der Waals surface area contributed by atoms with Gasteiger partial charge in [0, 0.05) is 0 Å². The van der Waals surface area contributed by atoms with Gasteiger partial charge in [-0.3, -0.25) is 0 Å². The summed E-state index contributed by atoms with van der Waals surface area (Å²) in [5.74, 6) is 0. The third kappa shape index (κ3) is 14.9. The molecular weight excluding hydrogens is 326 g/mol. The van der Waals surface area contributed by atoms with Crippen molar-refractivity contribution in [1.82, 2.24) is 4.90 Å². The van der Waals surface area contributed by atoms with Crippen LogP contribution in [0.15, 0.2) is 30.3 Å². The summed E-state index contributed by atoms with van der Waals surface area (Å²) in [4.78, 5) is 2.54. The van der Waals surface area contributed by atoms with Crippen LogP contribution in [0.3, 0.4) is 0 Å². The van der Waals surface area contributed by atoms with Crippen molar-refractivity contribution >= 4 is 0 Å². The predicted molar refractivity (Wildman–Crippen MR) is 123 cm³/mol. The zero-order valence-corrected chi connectivity index (χ0v) is 18.6. The number of aryl methyl sites for hydroxylation is 1. The lowest BCUT2D eigenvalue weighted by Gasteiger charge is -2.17. The van der Waals surface area contributed by atoms with Crippen molar-refractivity contribution in [2.45, 2.75) is 110 Å². The van der Waals surface area contributed by atoms with Crippen LogP contribution in [0.1, 0.15) is 109 Å². The molecule has 156 valence electrons. The molecule has 0 heterocycles. The zero-order chi connectivity index (χ0) is 19.4. The molecule has 0 aromatic heterocycles. The molecular formula is C26H47N. The largest absolute Gasteiger partial charge is 0.304 e. The summed E-state index contributed by atoms with van der Waals surface area (Å²) in [6, 6.07) is 10.9. The molecule has 0 aliphatic carbocycles. The topological polar surface area (TPSA) is 3.24 Å². The highest BCUT2D eigenvalue weighted by molar-refractivity contribution is 5.14. The predicted octanol–water partition coefficient (Wildman–Crippen LogP) is 8.03. The standard InChI is InChI=1S/C26H47N/c1-3-27(4-2)25-21-16-14-12-10-8-6-5-7-9-11-13-15-18-22-26-23-19-17-20-24-26/h17,19-20,23-24H,3-16,18,21-22,25H2,1-2H3. The Morgan fingerprint density at radius 2 is 0.926 bits per heavy atom. The highest BCUT2D eigenvalue weighted by atomic mass is 15.1. The summed E-state index contributed by atoms with van der Waals surface area (Å²) in [7, 11) is 0. The quantitative estimate of drug-likeness (QED) is 0.222. The average molecular weight is 374 g/mol. The minimum atomic E-state index is 1.21. The summed E-state index contributed by atoms with van der Waals surface area (Å²) >= 11 is 0. The molecule has 0 spiro atoms. The Labute approximate surface area is 170 Å². The molecule has 0 saturated carbocycles. The van der Waals surface area contributed by atoms with E-state index in [0.717, 1.165) is 0 Å². The van der Waals surface area contributed by atoms with Crippen LogP contribution < -0.4 is 0 Å². The minimum absolute atomic E-state index is 1.21. The van der Waals surface area contributed by atoms with Gasteiger partial charge in [-0.15, -0.1) is 0 Å². The van der Waals surface area contributed by atoms with Gasteiger partial charge in [-0.1, -0.05) is 121 Å². The Morgan fingerprint density at radius 1 is 0.519 bits per heavy atom. The SMILES string of the molecule is CCN(CC)CCCCCCCCCCCCCCCCc1ccccc1. The van der Waals surface area contributed by atoms with Crippen molar-refractivity contribution in [3.63, 3.8) is 0 Å². The molecule has 0 radical (unpaired) electrons. The Hall–Kier alpha value is -0.820. The molecule has 0 saturated heterocycles. The fourth-order valence-corrected chi connectivity index (χ4v) is 3.97. The molecule has 0 bridgehead atoms. The molecule has 0 N–H and O–H groups in total. The van der Waals surface area contributed by atoms with E-state index in [-0.39, 0.29) is 0 Å². The van der Waals surface area contributed by atoms with Crippen molar-refractivity contribution in [3.05, 3.63) is 35.9 Å². The molecule has 0 aliphatic heterocycles. The Bertz CT molecular complexity index is 396. The number of hydrogen-bond donors (Lipinski definition) is 0. The Balaban J connectivity index is 1.72. The summed E-state index contributed by atoms with van der Waals surface area (Å²) < 4.78 is 0. The van der Waals surface area contributed by atoms with Gasteiger partial charge in [0.05, 0.1) is 0 Å². The summed E-state index contributed by atoms with van der Waals surface area (Å²) in [5.41, 5.74) is 1.50. The third-order valence-electron chi connectivity index (χ3n) is 5.93. The van der Waals surface area contributed by atoms with Crippen molar-refractivity contribution < 1.29 is 0 Å². The number of benzene rings is 1. The second-order valence-electron chi connectivity index (χ2n) is 8.21. The second kappa shape index (κ2) is 18.5. The van der Waals surface area contributed by atoms with E-state index in [1.54, 1.807) is 0 Å². The maximum Gasteiger partial charge on any atom is -0.00190 e. The van der Waals surface area contributed by atoms with E-state index in [4.69, 9.17) is 0 Å². The van der Waals surface area contributed by atoms with Gasteiger partial charge in [0.15, 0.2) is 0 Å². The minimum Gasteiger partial charge on any atom is -0.304 e. The van der Waals surface area contributed by atoms with Crippen LogP contribution in [0, 0.1) is 0 Å². The van der Waals surface area contributed by atoms with Crippen LogP contribution in [0.4, 0.5) is 0 Å². The molecule has 1 aromatic rings. The number of nitrogens with zero attached hydrogens (tertiary/aromatic N) is 1. The van der Waals surface area contributed by atoms with Crippen molar-refractivity contribution in [3.8, 4) is 0 Å². The molecule has 0 unspecified atom stereocenters. The first-order chi connectivity index (χ1) is 13.4.